The Kier molecular flexibility index (Phi) is 4.68. The molecule has 1 unspecified atom stereocenters. The van der Waals surface area contributed by atoms with E-state index in [4.69, 9.17) is 10.5 Å². The molecular formula is C16H23N5O3. The maximum absolute atomic E-state index is 12.0. The molecule has 0 aliphatic heterocycles. The second-order valence-corrected chi connectivity index (χ2v) is 6.45. The third-order valence-corrected chi connectivity index (χ3v) is 3.31. The number of hydrogen-bond donors (Lipinski definition) is 3. The van der Waals surface area contributed by atoms with Gasteiger partial charge in [-0.3, -0.25) is 9.36 Å². The molecule has 0 aliphatic rings. The molecule has 0 spiro atoms. The summed E-state index contributed by atoms with van der Waals surface area (Å²) in [5.41, 5.74) is 6.46. The van der Waals surface area contributed by atoms with E-state index in [1.807, 2.05) is 11.5 Å². The topological polar surface area (TPSA) is 111 Å². The number of ether oxygens (including phenoxy) is 1. The largest absolute Gasteiger partial charge is 0.444 e. The Hall–Kier alpha value is -2.77. The monoisotopic (exact) mass is 333 g/mol. The molecule has 0 aliphatic carbocycles. The zero-order chi connectivity index (χ0) is 18.1. The minimum atomic E-state index is -0.580. The maximum Gasteiger partial charge on any atom is 0.409 e. The smallest absolute Gasteiger partial charge is 0.409 e. The summed E-state index contributed by atoms with van der Waals surface area (Å²) in [7, 11) is 1.73. The van der Waals surface area contributed by atoms with Crippen molar-refractivity contribution in [3.05, 3.63) is 23.8 Å². The molecule has 0 fully saturated rings. The van der Waals surface area contributed by atoms with Crippen molar-refractivity contribution < 1.29 is 14.3 Å². The lowest BCUT2D eigenvalue weighted by Crippen LogP contribution is -2.36. The van der Waals surface area contributed by atoms with Crippen LogP contribution in [0.2, 0.25) is 0 Å². The highest BCUT2D eigenvalue weighted by Crippen LogP contribution is 2.24. The molecule has 8 heteroatoms. The fourth-order valence-electron chi connectivity index (χ4n) is 2.36. The van der Waals surface area contributed by atoms with Gasteiger partial charge in [0.1, 0.15) is 11.8 Å². The van der Waals surface area contributed by atoms with Crippen LogP contribution in [-0.4, -0.2) is 34.2 Å². The van der Waals surface area contributed by atoms with Crippen molar-refractivity contribution in [1.29, 1.82) is 0 Å². The Labute approximate surface area is 140 Å². The molecule has 0 radical (unpaired) electrons. The van der Waals surface area contributed by atoms with Gasteiger partial charge in [0.05, 0.1) is 11.0 Å². The van der Waals surface area contributed by atoms with Crippen LogP contribution in [0.25, 0.3) is 11.0 Å². The van der Waals surface area contributed by atoms with E-state index in [9.17, 15) is 9.59 Å². The molecule has 1 atom stereocenters. The van der Waals surface area contributed by atoms with E-state index < -0.39 is 23.8 Å². The molecule has 130 valence electrons. The molecule has 0 saturated carbocycles. The highest BCUT2D eigenvalue weighted by molar-refractivity contribution is 5.96. The molecular weight excluding hydrogens is 310 g/mol. The van der Waals surface area contributed by atoms with Crippen LogP contribution < -0.4 is 16.4 Å². The van der Waals surface area contributed by atoms with E-state index in [1.165, 1.54) is 0 Å². The summed E-state index contributed by atoms with van der Waals surface area (Å²) in [6, 6.07) is 4.99. The summed E-state index contributed by atoms with van der Waals surface area (Å²) >= 11 is 0. The van der Waals surface area contributed by atoms with Gasteiger partial charge in [-0.1, -0.05) is 0 Å². The van der Waals surface area contributed by atoms with Crippen molar-refractivity contribution in [2.75, 3.05) is 12.4 Å². The van der Waals surface area contributed by atoms with Crippen molar-refractivity contribution in [1.82, 2.24) is 14.9 Å². The van der Waals surface area contributed by atoms with Crippen molar-refractivity contribution in [3.63, 3.8) is 0 Å². The van der Waals surface area contributed by atoms with Crippen LogP contribution in [0.3, 0.4) is 0 Å². The third kappa shape index (κ3) is 3.76. The van der Waals surface area contributed by atoms with E-state index >= 15 is 0 Å². The second kappa shape index (κ2) is 6.38. The van der Waals surface area contributed by atoms with Crippen molar-refractivity contribution >= 4 is 29.0 Å². The number of alkyl carbamates (subject to hydrolysis) is 1. The molecule has 0 bridgehead atoms. The predicted octanol–water partition coefficient (Wildman–Crippen LogP) is 2.22. The van der Waals surface area contributed by atoms with Crippen molar-refractivity contribution in [2.24, 2.45) is 5.73 Å². The predicted molar refractivity (Wildman–Crippen MR) is 91.9 cm³/mol. The molecule has 24 heavy (non-hydrogen) atoms. The van der Waals surface area contributed by atoms with E-state index in [-0.39, 0.29) is 0 Å². The number of rotatable bonds is 4. The number of fused-ring (bicyclic) bond motifs is 1. The van der Waals surface area contributed by atoms with Crippen LogP contribution >= 0.6 is 0 Å². The second-order valence-electron chi connectivity index (χ2n) is 6.45. The highest BCUT2D eigenvalue weighted by atomic mass is 16.6. The van der Waals surface area contributed by atoms with Gasteiger partial charge in [-0.05, 0) is 45.9 Å². The zero-order valence-electron chi connectivity index (χ0n) is 14.5. The van der Waals surface area contributed by atoms with E-state index in [2.05, 4.69) is 15.6 Å². The number of nitrogens with two attached hydrogens (primary N) is 1. The van der Waals surface area contributed by atoms with Crippen LogP contribution in [0.1, 0.15) is 44.2 Å². The third-order valence-electron chi connectivity index (χ3n) is 3.31. The average Bonchev–Trinajstić information content (AvgIpc) is 2.82. The number of anilines is 1. The van der Waals surface area contributed by atoms with Crippen LogP contribution in [0.4, 0.5) is 10.7 Å². The Bertz CT molecular complexity index is 776. The SMILES string of the molecule is CNc1nc2cc(C(N)=O)ccc2n1C(C)NC(=O)OC(C)(C)C. The first-order valence-electron chi connectivity index (χ1n) is 7.61. The number of nitrogens with zero attached hydrogens (tertiary/aromatic N) is 2. The molecule has 0 saturated heterocycles. The van der Waals surface area contributed by atoms with Gasteiger partial charge in [-0.25, -0.2) is 9.78 Å². The molecule has 2 rings (SSSR count). The van der Waals surface area contributed by atoms with Gasteiger partial charge in [0.15, 0.2) is 0 Å². The molecule has 1 aromatic heterocycles. The van der Waals surface area contributed by atoms with Gasteiger partial charge >= 0.3 is 6.09 Å². The first-order valence-corrected chi connectivity index (χ1v) is 7.61. The Morgan fingerprint density at radius 3 is 2.54 bits per heavy atom. The van der Waals surface area contributed by atoms with Gasteiger partial charge in [0.2, 0.25) is 11.9 Å². The minimum absolute atomic E-state index is 0.377. The molecule has 1 heterocycles. The average molecular weight is 333 g/mol. The van der Waals surface area contributed by atoms with Crippen LogP contribution in [-0.2, 0) is 4.74 Å². The van der Waals surface area contributed by atoms with Gasteiger partial charge < -0.3 is 21.1 Å². The summed E-state index contributed by atoms with van der Waals surface area (Å²) in [4.78, 5) is 27.7. The van der Waals surface area contributed by atoms with Gasteiger partial charge in [0.25, 0.3) is 0 Å². The number of hydrogen-bond acceptors (Lipinski definition) is 5. The van der Waals surface area contributed by atoms with E-state index in [0.29, 0.717) is 17.0 Å². The molecule has 2 aromatic rings. The number of aromatic nitrogens is 2. The number of benzene rings is 1. The molecule has 1 aromatic carbocycles. The van der Waals surface area contributed by atoms with Crippen molar-refractivity contribution in [3.8, 4) is 0 Å². The number of carbonyl (C=O) groups is 2. The lowest BCUT2D eigenvalue weighted by Gasteiger charge is -2.23. The van der Waals surface area contributed by atoms with Crippen LogP contribution in [0.5, 0.6) is 0 Å². The summed E-state index contributed by atoms with van der Waals surface area (Å²) in [5, 5.41) is 5.75. The molecule has 2 amide bonds. The maximum atomic E-state index is 12.0. The lowest BCUT2D eigenvalue weighted by atomic mass is 10.2. The van der Waals surface area contributed by atoms with Gasteiger partial charge in [0, 0.05) is 12.6 Å². The van der Waals surface area contributed by atoms with Crippen molar-refractivity contribution in [2.45, 2.75) is 39.5 Å². The molecule has 8 nitrogen and oxygen atoms in total. The number of primary amides is 1. The Morgan fingerprint density at radius 2 is 2.00 bits per heavy atom. The number of nitrogens with one attached hydrogen (secondary N) is 2. The Balaban J connectivity index is 2.36. The first kappa shape index (κ1) is 17.6. The first-order chi connectivity index (χ1) is 11.1. The fourth-order valence-corrected chi connectivity index (χ4v) is 2.36. The summed E-state index contributed by atoms with van der Waals surface area (Å²) in [5.74, 6) is 0.0348. The quantitative estimate of drug-likeness (QED) is 0.794. The van der Waals surface area contributed by atoms with Gasteiger partial charge in [-0.2, -0.15) is 0 Å². The van der Waals surface area contributed by atoms with E-state index in [0.717, 1.165) is 5.52 Å². The lowest BCUT2D eigenvalue weighted by molar-refractivity contribution is 0.0490. The normalized spacial score (nSPS) is 12.7. The minimum Gasteiger partial charge on any atom is -0.444 e. The summed E-state index contributed by atoms with van der Waals surface area (Å²) < 4.78 is 7.09. The number of carbonyl (C=O) groups excluding carboxylic acids is 2. The zero-order valence-corrected chi connectivity index (χ0v) is 14.5. The highest BCUT2D eigenvalue weighted by Gasteiger charge is 2.21. The number of amides is 2. The summed E-state index contributed by atoms with van der Waals surface area (Å²) in [6.07, 6.45) is -0.931. The Morgan fingerprint density at radius 1 is 1.33 bits per heavy atom. The standard InChI is InChI=1S/C16H23N5O3/c1-9(19-15(23)24-16(2,3)4)21-12-7-6-10(13(17)22)8-11(12)20-14(21)18-5/h6-9H,1-5H3,(H2,17,22)(H,18,20)(H,19,23). The van der Waals surface area contributed by atoms with Crippen LogP contribution in [0, 0.1) is 0 Å². The fraction of sp³-hybridized carbons (Fsp3) is 0.438. The van der Waals surface area contributed by atoms with E-state index in [1.54, 1.807) is 46.0 Å². The van der Waals surface area contributed by atoms with Gasteiger partial charge in [-0.15, -0.1) is 0 Å². The molecule has 4 N–H and O–H groups in total. The number of imidazole rings is 1. The van der Waals surface area contributed by atoms with Crippen LogP contribution in [0.15, 0.2) is 18.2 Å². The summed E-state index contributed by atoms with van der Waals surface area (Å²) in [6.45, 7) is 7.21.